The number of rotatable bonds is 5. The molecule has 0 saturated heterocycles. The molecule has 138 valence electrons. The van der Waals surface area contributed by atoms with Gasteiger partial charge in [-0.1, -0.05) is 37.3 Å². The van der Waals surface area contributed by atoms with Gasteiger partial charge in [0.05, 0.1) is 0 Å². The molecule has 3 heteroatoms. The third kappa shape index (κ3) is 3.30. The van der Waals surface area contributed by atoms with Crippen molar-refractivity contribution in [2.45, 2.75) is 46.1 Å². The molecular formula is C24H25NO2. The molecule has 0 aromatic heterocycles. The number of benzene rings is 3. The lowest BCUT2D eigenvalue weighted by molar-refractivity contribution is -0.122. The normalized spacial score (nSPS) is 13.6. The molecule has 1 amide bonds. The van der Waals surface area contributed by atoms with E-state index in [0.29, 0.717) is 6.42 Å². The standard InChI is InChI=1S/C24H25NO2/c1-4-22(27-19-12-8-15(2)16(3)14-19)24(26)25-21-13-11-18-10-9-17-6-5-7-20(21)23(17)18/h5-8,11-14,22H,4,9-10H2,1-3H3,(H,25,26)/t22-/m0/s1. The summed E-state index contributed by atoms with van der Waals surface area (Å²) < 4.78 is 5.99. The predicted molar refractivity (Wildman–Crippen MR) is 111 cm³/mol. The fourth-order valence-electron chi connectivity index (χ4n) is 3.84. The number of amides is 1. The Morgan fingerprint density at radius 1 is 1.04 bits per heavy atom. The Morgan fingerprint density at radius 3 is 2.56 bits per heavy atom. The molecule has 27 heavy (non-hydrogen) atoms. The first-order valence-corrected chi connectivity index (χ1v) is 9.65. The number of anilines is 1. The molecule has 1 aliphatic carbocycles. The smallest absolute Gasteiger partial charge is 0.265 e. The number of ether oxygens (including phenoxy) is 1. The number of carbonyl (C=O) groups excluding carboxylic acids is 1. The van der Waals surface area contributed by atoms with E-state index in [0.717, 1.165) is 35.2 Å². The quantitative estimate of drug-likeness (QED) is 0.667. The van der Waals surface area contributed by atoms with E-state index >= 15 is 0 Å². The molecule has 0 saturated carbocycles. The van der Waals surface area contributed by atoms with Crippen LogP contribution >= 0.6 is 0 Å². The molecule has 0 unspecified atom stereocenters. The van der Waals surface area contributed by atoms with Crippen LogP contribution in [0.5, 0.6) is 5.75 Å². The van der Waals surface area contributed by atoms with Crippen LogP contribution in [0.4, 0.5) is 5.69 Å². The zero-order valence-corrected chi connectivity index (χ0v) is 16.1. The molecule has 1 aliphatic rings. The van der Waals surface area contributed by atoms with Crippen LogP contribution < -0.4 is 10.1 Å². The van der Waals surface area contributed by atoms with Crippen molar-refractivity contribution in [1.82, 2.24) is 0 Å². The Kier molecular flexibility index (Phi) is 4.61. The third-order valence-electron chi connectivity index (χ3n) is 5.55. The van der Waals surface area contributed by atoms with Crippen LogP contribution in [0.15, 0.2) is 48.5 Å². The molecule has 0 radical (unpaired) electrons. The van der Waals surface area contributed by atoms with Crippen molar-refractivity contribution in [3.05, 3.63) is 70.8 Å². The molecule has 0 spiro atoms. The van der Waals surface area contributed by atoms with E-state index in [-0.39, 0.29) is 5.91 Å². The molecule has 0 aliphatic heterocycles. The molecule has 1 N–H and O–H groups in total. The largest absolute Gasteiger partial charge is 0.481 e. The highest BCUT2D eigenvalue weighted by Gasteiger charge is 2.21. The van der Waals surface area contributed by atoms with Gasteiger partial charge in [0.15, 0.2) is 6.10 Å². The van der Waals surface area contributed by atoms with Gasteiger partial charge < -0.3 is 10.1 Å². The first-order chi connectivity index (χ1) is 13.1. The first-order valence-electron chi connectivity index (χ1n) is 9.65. The summed E-state index contributed by atoms with van der Waals surface area (Å²) in [5.74, 6) is 0.634. The summed E-state index contributed by atoms with van der Waals surface area (Å²) in [7, 11) is 0. The fraction of sp³-hybridized carbons (Fsp3) is 0.292. The lowest BCUT2D eigenvalue weighted by Crippen LogP contribution is -2.32. The number of hydrogen-bond acceptors (Lipinski definition) is 2. The van der Waals surface area contributed by atoms with Crippen LogP contribution in [0.25, 0.3) is 10.8 Å². The summed E-state index contributed by atoms with van der Waals surface area (Å²) in [6, 6.07) is 16.5. The minimum atomic E-state index is -0.518. The van der Waals surface area contributed by atoms with Gasteiger partial charge in [0.25, 0.3) is 5.91 Å². The molecule has 3 aromatic rings. The van der Waals surface area contributed by atoms with E-state index in [9.17, 15) is 4.79 Å². The van der Waals surface area contributed by atoms with Crippen molar-refractivity contribution in [1.29, 1.82) is 0 Å². The highest BCUT2D eigenvalue weighted by Crippen LogP contribution is 2.35. The Hall–Kier alpha value is -2.81. The first kappa shape index (κ1) is 17.6. The molecule has 1 atom stereocenters. The topological polar surface area (TPSA) is 38.3 Å². The van der Waals surface area contributed by atoms with Gasteiger partial charge in [-0.25, -0.2) is 0 Å². The zero-order chi connectivity index (χ0) is 19.0. The second-order valence-corrected chi connectivity index (χ2v) is 7.36. The van der Waals surface area contributed by atoms with Gasteiger partial charge in [-0.05, 0) is 78.9 Å². The Labute approximate surface area is 160 Å². The van der Waals surface area contributed by atoms with E-state index in [4.69, 9.17) is 4.74 Å². The van der Waals surface area contributed by atoms with Crippen molar-refractivity contribution >= 4 is 22.4 Å². The number of hydrogen-bond donors (Lipinski definition) is 1. The van der Waals surface area contributed by atoms with Gasteiger partial charge in [-0.2, -0.15) is 0 Å². The Morgan fingerprint density at radius 2 is 1.81 bits per heavy atom. The maximum atomic E-state index is 12.9. The van der Waals surface area contributed by atoms with Crippen LogP contribution in [0.3, 0.4) is 0 Å². The lowest BCUT2D eigenvalue weighted by atomic mass is 10.0. The van der Waals surface area contributed by atoms with Crippen molar-refractivity contribution in [2.75, 3.05) is 5.32 Å². The number of carbonyl (C=O) groups is 1. The van der Waals surface area contributed by atoms with Crippen LogP contribution in [0, 0.1) is 13.8 Å². The molecule has 4 rings (SSSR count). The van der Waals surface area contributed by atoms with E-state index in [1.165, 1.54) is 22.1 Å². The van der Waals surface area contributed by atoms with Crippen molar-refractivity contribution in [3.63, 3.8) is 0 Å². The monoisotopic (exact) mass is 359 g/mol. The minimum absolute atomic E-state index is 0.102. The second-order valence-electron chi connectivity index (χ2n) is 7.36. The van der Waals surface area contributed by atoms with E-state index < -0.39 is 6.10 Å². The Balaban J connectivity index is 1.57. The van der Waals surface area contributed by atoms with Crippen LogP contribution in [0.1, 0.15) is 35.6 Å². The summed E-state index contributed by atoms with van der Waals surface area (Å²) in [6.45, 7) is 6.09. The highest BCUT2D eigenvalue weighted by molar-refractivity contribution is 6.06. The lowest BCUT2D eigenvalue weighted by Gasteiger charge is -2.19. The SMILES string of the molecule is CC[C@H](Oc1ccc(C)c(C)c1)C(=O)Nc1ccc2c3c(cccc13)CC2. The molecule has 0 heterocycles. The summed E-state index contributed by atoms with van der Waals surface area (Å²) in [5.41, 5.74) is 5.99. The number of nitrogens with one attached hydrogen (secondary N) is 1. The van der Waals surface area contributed by atoms with Crippen LogP contribution in [-0.4, -0.2) is 12.0 Å². The maximum Gasteiger partial charge on any atom is 0.265 e. The Bertz CT molecular complexity index is 1010. The van der Waals surface area contributed by atoms with Gasteiger partial charge >= 0.3 is 0 Å². The summed E-state index contributed by atoms with van der Waals surface area (Å²) in [6.07, 6.45) is 2.25. The van der Waals surface area contributed by atoms with Crippen molar-refractivity contribution < 1.29 is 9.53 Å². The summed E-state index contributed by atoms with van der Waals surface area (Å²) in [4.78, 5) is 12.9. The summed E-state index contributed by atoms with van der Waals surface area (Å²) in [5, 5.41) is 5.53. The summed E-state index contributed by atoms with van der Waals surface area (Å²) >= 11 is 0. The average molecular weight is 359 g/mol. The second kappa shape index (κ2) is 7.07. The van der Waals surface area contributed by atoms with Crippen LogP contribution in [0.2, 0.25) is 0 Å². The van der Waals surface area contributed by atoms with E-state index in [2.05, 4.69) is 43.4 Å². The highest BCUT2D eigenvalue weighted by atomic mass is 16.5. The van der Waals surface area contributed by atoms with Crippen LogP contribution in [-0.2, 0) is 17.6 Å². The van der Waals surface area contributed by atoms with Gasteiger partial charge in [-0.15, -0.1) is 0 Å². The molecule has 3 aromatic carbocycles. The molecule has 0 fully saturated rings. The fourth-order valence-corrected chi connectivity index (χ4v) is 3.84. The van der Waals surface area contributed by atoms with Crippen molar-refractivity contribution in [2.24, 2.45) is 0 Å². The van der Waals surface area contributed by atoms with Gasteiger partial charge in [-0.3, -0.25) is 4.79 Å². The maximum absolute atomic E-state index is 12.9. The average Bonchev–Trinajstić information content (AvgIpc) is 3.09. The molecule has 0 bridgehead atoms. The van der Waals surface area contributed by atoms with E-state index in [1.54, 1.807) is 0 Å². The third-order valence-corrected chi connectivity index (χ3v) is 5.55. The van der Waals surface area contributed by atoms with Gasteiger partial charge in [0.1, 0.15) is 5.75 Å². The van der Waals surface area contributed by atoms with Crippen molar-refractivity contribution in [3.8, 4) is 5.75 Å². The molecular weight excluding hydrogens is 334 g/mol. The predicted octanol–water partition coefficient (Wildman–Crippen LogP) is 5.35. The zero-order valence-electron chi connectivity index (χ0n) is 16.1. The number of aryl methyl sites for hydroxylation is 4. The molecule has 3 nitrogen and oxygen atoms in total. The van der Waals surface area contributed by atoms with Gasteiger partial charge in [0, 0.05) is 11.1 Å². The van der Waals surface area contributed by atoms with E-state index in [1.807, 2.05) is 31.2 Å². The van der Waals surface area contributed by atoms with Gasteiger partial charge in [0.2, 0.25) is 0 Å². The minimum Gasteiger partial charge on any atom is -0.481 e.